The normalized spacial score (nSPS) is 16.9. The van der Waals surface area contributed by atoms with Gasteiger partial charge in [0, 0.05) is 25.1 Å². The molecule has 1 fully saturated rings. The molecule has 0 bridgehead atoms. The Hall–Kier alpha value is -2.59. The minimum absolute atomic E-state index is 0.102. The van der Waals surface area contributed by atoms with E-state index in [1.807, 2.05) is 0 Å². The summed E-state index contributed by atoms with van der Waals surface area (Å²) in [7, 11) is 0. The highest BCUT2D eigenvalue weighted by Crippen LogP contribution is 2.24. The molecule has 8 nitrogen and oxygen atoms in total. The van der Waals surface area contributed by atoms with Gasteiger partial charge >= 0.3 is 12.1 Å². The van der Waals surface area contributed by atoms with E-state index >= 15 is 0 Å². The standard InChI is InChI=1S/C15H19F3N4O4/c1-8-7-11(21-26-8)20-12(23)9(2)19-13(24)10-3-5-22(6-4-10)14(25)15(16,17)18/h7,9-10H,3-6H2,1-2H3,(H,19,24)(H,20,21,23)/t9-/m1/s1. The molecule has 11 heteroatoms. The molecule has 3 amide bonds. The molecule has 1 atom stereocenters. The summed E-state index contributed by atoms with van der Waals surface area (Å²) in [5.74, 6) is -2.67. The predicted molar refractivity (Wildman–Crippen MR) is 82.8 cm³/mol. The molecular formula is C15H19F3N4O4. The maximum absolute atomic E-state index is 12.4. The van der Waals surface area contributed by atoms with Gasteiger partial charge in [0.25, 0.3) is 0 Å². The van der Waals surface area contributed by atoms with Crippen molar-refractivity contribution in [3.8, 4) is 0 Å². The number of hydrogen-bond acceptors (Lipinski definition) is 5. The molecule has 1 aromatic rings. The number of aromatic nitrogens is 1. The van der Waals surface area contributed by atoms with Crippen LogP contribution in [0.3, 0.4) is 0 Å². The summed E-state index contributed by atoms with van der Waals surface area (Å²) < 4.78 is 42.0. The molecular weight excluding hydrogens is 357 g/mol. The quantitative estimate of drug-likeness (QED) is 0.822. The van der Waals surface area contributed by atoms with E-state index in [0.29, 0.717) is 10.7 Å². The Morgan fingerprint density at radius 2 is 1.92 bits per heavy atom. The smallest absolute Gasteiger partial charge is 0.360 e. The van der Waals surface area contributed by atoms with Gasteiger partial charge in [-0.05, 0) is 26.7 Å². The second-order valence-corrected chi connectivity index (χ2v) is 6.11. The van der Waals surface area contributed by atoms with Crippen molar-refractivity contribution in [3.63, 3.8) is 0 Å². The van der Waals surface area contributed by atoms with Crippen molar-refractivity contribution in [2.45, 2.75) is 38.9 Å². The lowest BCUT2D eigenvalue weighted by molar-refractivity contribution is -0.186. The molecule has 144 valence electrons. The average molecular weight is 376 g/mol. The van der Waals surface area contributed by atoms with Crippen LogP contribution in [0.25, 0.3) is 0 Å². The number of carbonyl (C=O) groups is 3. The summed E-state index contributed by atoms with van der Waals surface area (Å²) in [4.78, 5) is 36.1. The van der Waals surface area contributed by atoms with Gasteiger partial charge in [-0.15, -0.1) is 0 Å². The number of carbonyl (C=O) groups excluding carboxylic acids is 3. The van der Waals surface area contributed by atoms with Gasteiger partial charge in [0.2, 0.25) is 11.8 Å². The second-order valence-electron chi connectivity index (χ2n) is 6.11. The highest BCUT2D eigenvalue weighted by atomic mass is 19.4. The second kappa shape index (κ2) is 7.75. The molecule has 0 unspecified atom stereocenters. The number of rotatable bonds is 4. The fourth-order valence-corrected chi connectivity index (χ4v) is 2.58. The lowest BCUT2D eigenvalue weighted by Gasteiger charge is -2.32. The van der Waals surface area contributed by atoms with Crippen LogP contribution in [0, 0.1) is 12.8 Å². The largest absolute Gasteiger partial charge is 0.471 e. The molecule has 0 spiro atoms. The monoisotopic (exact) mass is 376 g/mol. The van der Waals surface area contributed by atoms with Crippen molar-refractivity contribution >= 4 is 23.5 Å². The summed E-state index contributed by atoms with van der Waals surface area (Å²) in [5.41, 5.74) is 0. The molecule has 26 heavy (non-hydrogen) atoms. The van der Waals surface area contributed by atoms with E-state index in [2.05, 4.69) is 15.8 Å². The van der Waals surface area contributed by atoms with Crippen LogP contribution >= 0.6 is 0 Å². The van der Waals surface area contributed by atoms with Gasteiger partial charge in [-0.25, -0.2) is 0 Å². The van der Waals surface area contributed by atoms with E-state index in [0.717, 1.165) is 0 Å². The molecule has 1 aromatic heterocycles. The first-order valence-electron chi connectivity index (χ1n) is 7.98. The third-order valence-corrected chi connectivity index (χ3v) is 4.03. The highest BCUT2D eigenvalue weighted by molar-refractivity contribution is 5.96. The lowest BCUT2D eigenvalue weighted by Crippen LogP contribution is -2.49. The SMILES string of the molecule is Cc1cc(NC(=O)[C@@H](C)NC(=O)C2CCN(C(=O)C(F)(F)F)CC2)no1. The number of aryl methyl sites for hydroxylation is 1. The zero-order valence-electron chi connectivity index (χ0n) is 14.2. The fraction of sp³-hybridized carbons (Fsp3) is 0.600. The van der Waals surface area contributed by atoms with Gasteiger partial charge in [0.05, 0.1) is 0 Å². The minimum Gasteiger partial charge on any atom is -0.360 e. The molecule has 2 N–H and O–H groups in total. The van der Waals surface area contributed by atoms with E-state index in [1.165, 1.54) is 13.0 Å². The van der Waals surface area contributed by atoms with Gasteiger partial charge in [0.15, 0.2) is 5.82 Å². The molecule has 0 aliphatic carbocycles. The third kappa shape index (κ3) is 4.96. The number of anilines is 1. The van der Waals surface area contributed by atoms with Crippen molar-refractivity contribution < 1.29 is 32.1 Å². The zero-order valence-corrected chi connectivity index (χ0v) is 14.2. The van der Waals surface area contributed by atoms with Crippen molar-refractivity contribution in [2.75, 3.05) is 18.4 Å². The molecule has 2 rings (SSSR count). The molecule has 0 saturated carbocycles. The summed E-state index contributed by atoms with van der Waals surface area (Å²) in [6.45, 7) is 2.82. The van der Waals surface area contributed by atoms with Gasteiger partial charge in [-0.3, -0.25) is 14.4 Å². The van der Waals surface area contributed by atoms with E-state index in [4.69, 9.17) is 4.52 Å². The highest BCUT2D eigenvalue weighted by Gasteiger charge is 2.43. The van der Waals surface area contributed by atoms with Crippen LogP contribution in [0.1, 0.15) is 25.5 Å². The Labute approximate surface area is 147 Å². The number of nitrogens with one attached hydrogen (secondary N) is 2. The summed E-state index contributed by atoms with van der Waals surface area (Å²) in [6, 6.07) is 0.647. The first kappa shape index (κ1) is 19.7. The molecule has 0 radical (unpaired) electrons. The van der Waals surface area contributed by atoms with Gasteiger partial charge in [0.1, 0.15) is 11.8 Å². The molecule has 1 aliphatic rings. The Morgan fingerprint density at radius 3 is 2.42 bits per heavy atom. The summed E-state index contributed by atoms with van der Waals surface area (Å²) in [6.07, 6.45) is -4.71. The van der Waals surface area contributed by atoms with Crippen LogP contribution in [0.4, 0.5) is 19.0 Å². The van der Waals surface area contributed by atoms with Crippen LogP contribution in [-0.4, -0.2) is 53.1 Å². The minimum atomic E-state index is -4.92. The zero-order chi connectivity index (χ0) is 19.5. The van der Waals surface area contributed by atoms with E-state index in [9.17, 15) is 27.6 Å². The first-order valence-corrected chi connectivity index (χ1v) is 7.98. The molecule has 2 heterocycles. The maximum atomic E-state index is 12.4. The van der Waals surface area contributed by atoms with Crippen LogP contribution < -0.4 is 10.6 Å². The lowest BCUT2D eigenvalue weighted by atomic mass is 9.95. The predicted octanol–water partition coefficient (Wildman–Crippen LogP) is 1.23. The van der Waals surface area contributed by atoms with Crippen LogP contribution in [0.15, 0.2) is 10.6 Å². The van der Waals surface area contributed by atoms with Gasteiger partial charge < -0.3 is 20.1 Å². The first-order chi connectivity index (χ1) is 12.1. The number of amides is 3. The Kier molecular flexibility index (Phi) is 5.88. The summed E-state index contributed by atoms with van der Waals surface area (Å²) >= 11 is 0. The number of piperidine rings is 1. The molecule has 0 aromatic carbocycles. The Morgan fingerprint density at radius 1 is 1.31 bits per heavy atom. The van der Waals surface area contributed by atoms with Gasteiger partial charge in [-0.1, -0.05) is 5.16 Å². The van der Waals surface area contributed by atoms with Crippen molar-refractivity contribution in [3.05, 3.63) is 11.8 Å². The number of alkyl halides is 3. The Bertz CT molecular complexity index is 681. The van der Waals surface area contributed by atoms with Crippen LogP contribution in [0.2, 0.25) is 0 Å². The van der Waals surface area contributed by atoms with Crippen LogP contribution in [-0.2, 0) is 14.4 Å². The average Bonchev–Trinajstić information content (AvgIpc) is 2.98. The van der Waals surface area contributed by atoms with E-state index in [-0.39, 0.29) is 31.7 Å². The number of hydrogen-bond donors (Lipinski definition) is 2. The number of nitrogens with zero attached hydrogens (tertiary/aromatic N) is 2. The maximum Gasteiger partial charge on any atom is 0.471 e. The third-order valence-electron chi connectivity index (χ3n) is 4.03. The van der Waals surface area contributed by atoms with E-state index < -0.39 is 35.9 Å². The molecule has 1 aliphatic heterocycles. The number of likely N-dealkylation sites (tertiary alicyclic amines) is 1. The number of halogens is 3. The topological polar surface area (TPSA) is 105 Å². The van der Waals surface area contributed by atoms with Gasteiger partial charge in [-0.2, -0.15) is 13.2 Å². The van der Waals surface area contributed by atoms with Crippen molar-refractivity contribution in [2.24, 2.45) is 5.92 Å². The molecule has 1 saturated heterocycles. The fourth-order valence-electron chi connectivity index (χ4n) is 2.58. The summed E-state index contributed by atoms with van der Waals surface area (Å²) in [5, 5.41) is 8.59. The van der Waals surface area contributed by atoms with Crippen LogP contribution in [0.5, 0.6) is 0 Å². The Balaban J connectivity index is 1.81. The van der Waals surface area contributed by atoms with Crippen molar-refractivity contribution in [1.29, 1.82) is 0 Å². The van der Waals surface area contributed by atoms with E-state index in [1.54, 1.807) is 6.92 Å². The van der Waals surface area contributed by atoms with Crippen molar-refractivity contribution in [1.82, 2.24) is 15.4 Å².